The maximum Gasteiger partial charge on any atom is 0.0863 e. The van der Waals surface area contributed by atoms with Crippen LogP contribution in [-0.4, -0.2) is 39.4 Å². The first-order chi connectivity index (χ1) is 9.88. The standard InChI is InChI=1S/C16H29ClN4/c1-6-13-15(17)14(21(7-2)19-13)10-20-11-16(4,5)18-9-8-12(20)3/h12,18H,6-11H2,1-5H3. The number of aromatic nitrogens is 2. The van der Waals surface area contributed by atoms with Crippen LogP contribution in [0.3, 0.4) is 0 Å². The van der Waals surface area contributed by atoms with Crippen LogP contribution in [-0.2, 0) is 19.5 Å². The first kappa shape index (κ1) is 16.8. The molecule has 0 aliphatic carbocycles. The van der Waals surface area contributed by atoms with Gasteiger partial charge in [-0.2, -0.15) is 5.10 Å². The summed E-state index contributed by atoms with van der Waals surface area (Å²) in [6, 6.07) is 0.556. The molecule has 0 spiro atoms. The lowest BCUT2D eigenvalue weighted by atomic mass is 10.1. The quantitative estimate of drug-likeness (QED) is 0.927. The lowest BCUT2D eigenvalue weighted by Gasteiger charge is -2.33. The second-order valence-electron chi connectivity index (χ2n) is 6.73. The Bertz CT molecular complexity index is 481. The van der Waals surface area contributed by atoms with Gasteiger partial charge in [-0.3, -0.25) is 9.58 Å². The minimum atomic E-state index is 0.141. The van der Waals surface area contributed by atoms with Crippen LogP contribution in [0.4, 0.5) is 0 Å². The molecule has 1 aromatic heterocycles. The van der Waals surface area contributed by atoms with E-state index in [1.165, 1.54) is 12.1 Å². The summed E-state index contributed by atoms with van der Waals surface area (Å²) >= 11 is 6.56. The zero-order valence-corrected chi connectivity index (χ0v) is 14.8. The molecule has 1 aromatic rings. The van der Waals surface area contributed by atoms with Gasteiger partial charge in [0.25, 0.3) is 0 Å². The highest BCUT2D eigenvalue weighted by atomic mass is 35.5. The molecule has 0 saturated carbocycles. The smallest absolute Gasteiger partial charge is 0.0863 e. The van der Waals surface area contributed by atoms with E-state index in [4.69, 9.17) is 11.6 Å². The van der Waals surface area contributed by atoms with Crippen molar-refractivity contribution in [1.82, 2.24) is 20.0 Å². The second kappa shape index (κ2) is 6.67. The van der Waals surface area contributed by atoms with E-state index in [1.807, 2.05) is 0 Å². The molecule has 0 amide bonds. The Morgan fingerprint density at radius 3 is 2.71 bits per heavy atom. The van der Waals surface area contributed by atoms with E-state index in [2.05, 4.69) is 54.6 Å². The Labute approximate surface area is 133 Å². The van der Waals surface area contributed by atoms with Crippen molar-refractivity contribution >= 4 is 11.6 Å². The Hall–Kier alpha value is -0.580. The molecule has 5 heteroatoms. The van der Waals surface area contributed by atoms with Gasteiger partial charge in [-0.1, -0.05) is 18.5 Å². The molecule has 1 unspecified atom stereocenters. The number of nitrogens with zero attached hydrogens (tertiary/aromatic N) is 3. The van der Waals surface area contributed by atoms with Crippen LogP contribution in [0.15, 0.2) is 0 Å². The number of aryl methyl sites for hydroxylation is 2. The summed E-state index contributed by atoms with van der Waals surface area (Å²) in [6.45, 7) is 15.0. The summed E-state index contributed by atoms with van der Waals surface area (Å²) in [5.74, 6) is 0. The van der Waals surface area contributed by atoms with Gasteiger partial charge in [0.05, 0.1) is 16.4 Å². The van der Waals surface area contributed by atoms with Gasteiger partial charge in [-0.25, -0.2) is 0 Å². The van der Waals surface area contributed by atoms with Gasteiger partial charge in [0.15, 0.2) is 0 Å². The number of hydrogen-bond acceptors (Lipinski definition) is 3. The second-order valence-corrected chi connectivity index (χ2v) is 7.11. The fourth-order valence-electron chi connectivity index (χ4n) is 3.09. The van der Waals surface area contributed by atoms with Gasteiger partial charge in [0, 0.05) is 31.2 Å². The van der Waals surface area contributed by atoms with E-state index in [9.17, 15) is 0 Å². The van der Waals surface area contributed by atoms with Crippen molar-refractivity contribution in [3.05, 3.63) is 16.4 Å². The average Bonchev–Trinajstić information content (AvgIpc) is 2.66. The Morgan fingerprint density at radius 1 is 1.38 bits per heavy atom. The van der Waals surface area contributed by atoms with E-state index >= 15 is 0 Å². The van der Waals surface area contributed by atoms with Gasteiger partial charge in [0.2, 0.25) is 0 Å². The highest BCUT2D eigenvalue weighted by Crippen LogP contribution is 2.25. The van der Waals surface area contributed by atoms with Crippen molar-refractivity contribution in [2.75, 3.05) is 13.1 Å². The summed E-state index contributed by atoms with van der Waals surface area (Å²) in [4.78, 5) is 2.54. The summed E-state index contributed by atoms with van der Waals surface area (Å²) in [7, 11) is 0. The fraction of sp³-hybridized carbons (Fsp3) is 0.812. The average molecular weight is 313 g/mol. The molecule has 1 atom stereocenters. The van der Waals surface area contributed by atoms with Gasteiger partial charge in [-0.05, 0) is 47.1 Å². The summed E-state index contributed by atoms with van der Waals surface area (Å²) < 4.78 is 2.07. The highest BCUT2D eigenvalue weighted by molar-refractivity contribution is 6.31. The van der Waals surface area contributed by atoms with Gasteiger partial charge >= 0.3 is 0 Å². The molecule has 2 rings (SSSR count). The molecule has 1 N–H and O–H groups in total. The van der Waals surface area contributed by atoms with E-state index < -0.39 is 0 Å². The molecule has 1 aliphatic heterocycles. The molecule has 21 heavy (non-hydrogen) atoms. The van der Waals surface area contributed by atoms with E-state index in [-0.39, 0.29) is 5.54 Å². The molecule has 1 aliphatic rings. The fourth-order valence-corrected chi connectivity index (χ4v) is 3.42. The third-order valence-corrected chi connectivity index (χ3v) is 4.87. The summed E-state index contributed by atoms with van der Waals surface area (Å²) in [5.41, 5.74) is 2.33. The largest absolute Gasteiger partial charge is 0.310 e. The maximum atomic E-state index is 6.56. The minimum absolute atomic E-state index is 0.141. The molecule has 1 fully saturated rings. The molecule has 0 radical (unpaired) electrons. The van der Waals surface area contributed by atoms with E-state index in [0.29, 0.717) is 6.04 Å². The third-order valence-electron chi connectivity index (χ3n) is 4.43. The third kappa shape index (κ3) is 3.79. The zero-order valence-electron chi connectivity index (χ0n) is 14.0. The van der Waals surface area contributed by atoms with Crippen molar-refractivity contribution in [3.63, 3.8) is 0 Å². The molecule has 4 nitrogen and oxygen atoms in total. The number of hydrogen-bond donors (Lipinski definition) is 1. The van der Waals surface area contributed by atoms with Crippen molar-refractivity contribution < 1.29 is 0 Å². The van der Waals surface area contributed by atoms with E-state index in [1.54, 1.807) is 0 Å². The van der Waals surface area contributed by atoms with Crippen molar-refractivity contribution in [2.24, 2.45) is 0 Å². The van der Waals surface area contributed by atoms with Crippen LogP contribution >= 0.6 is 11.6 Å². The topological polar surface area (TPSA) is 33.1 Å². The molecule has 0 aromatic carbocycles. The predicted molar refractivity (Wildman–Crippen MR) is 88.9 cm³/mol. The van der Waals surface area contributed by atoms with Crippen LogP contribution in [0.1, 0.15) is 52.4 Å². The lowest BCUT2D eigenvalue weighted by molar-refractivity contribution is 0.168. The Balaban J connectivity index is 2.25. The van der Waals surface area contributed by atoms with E-state index in [0.717, 1.165) is 43.3 Å². The van der Waals surface area contributed by atoms with Crippen molar-refractivity contribution in [2.45, 2.75) is 72.1 Å². The van der Waals surface area contributed by atoms with Crippen molar-refractivity contribution in [3.8, 4) is 0 Å². The summed E-state index contributed by atoms with van der Waals surface area (Å²) in [5, 5.41) is 9.13. The normalized spacial score (nSPS) is 23.2. The molecule has 0 bridgehead atoms. The SMILES string of the molecule is CCc1nn(CC)c(CN2CC(C)(C)NCCC2C)c1Cl. The summed E-state index contributed by atoms with van der Waals surface area (Å²) in [6.07, 6.45) is 2.06. The minimum Gasteiger partial charge on any atom is -0.310 e. The van der Waals surface area contributed by atoms with Crippen LogP contribution in [0.5, 0.6) is 0 Å². The number of nitrogens with one attached hydrogen (secondary N) is 1. The number of halogens is 1. The highest BCUT2D eigenvalue weighted by Gasteiger charge is 2.29. The molecule has 120 valence electrons. The maximum absolute atomic E-state index is 6.56. The molecule has 2 heterocycles. The Kier molecular flexibility index (Phi) is 5.33. The van der Waals surface area contributed by atoms with Crippen LogP contribution in [0, 0.1) is 0 Å². The first-order valence-electron chi connectivity index (χ1n) is 8.11. The monoisotopic (exact) mass is 312 g/mol. The predicted octanol–water partition coefficient (Wildman–Crippen LogP) is 3.08. The van der Waals surface area contributed by atoms with Gasteiger partial charge in [-0.15, -0.1) is 0 Å². The number of rotatable bonds is 4. The van der Waals surface area contributed by atoms with Crippen LogP contribution < -0.4 is 5.32 Å². The van der Waals surface area contributed by atoms with Gasteiger partial charge in [0.1, 0.15) is 0 Å². The van der Waals surface area contributed by atoms with Crippen LogP contribution in [0.2, 0.25) is 5.02 Å². The first-order valence-corrected chi connectivity index (χ1v) is 8.49. The Morgan fingerprint density at radius 2 is 2.10 bits per heavy atom. The zero-order chi connectivity index (χ0) is 15.6. The van der Waals surface area contributed by atoms with Gasteiger partial charge < -0.3 is 5.32 Å². The lowest BCUT2D eigenvalue weighted by Crippen LogP contribution is -2.47. The molecule has 1 saturated heterocycles. The molecular weight excluding hydrogens is 284 g/mol. The molecular formula is C16H29ClN4. The van der Waals surface area contributed by atoms with Crippen molar-refractivity contribution in [1.29, 1.82) is 0 Å². The van der Waals surface area contributed by atoms with Crippen LogP contribution in [0.25, 0.3) is 0 Å².